The van der Waals surface area contributed by atoms with Gasteiger partial charge in [-0.2, -0.15) is 0 Å². The predicted molar refractivity (Wildman–Crippen MR) is 45.7 cm³/mol. The summed E-state index contributed by atoms with van der Waals surface area (Å²) in [5, 5.41) is 0. The summed E-state index contributed by atoms with van der Waals surface area (Å²) in [6.45, 7) is 11.6. The molecule has 0 bridgehead atoms. The van der Waals surface area contributed by atoms with Crippen molar-refractivity contribution in [3.05, 3.63) is 13.8 Å². The average Bonchev–Trinajstić information content (AvgIpc) is 2.71. The Kier molecular flexibility index (Phi) is 19.4. The zero-order chi connectivity index (χ0) is 7.98. The molecule has 1 saturated heterocycles. The van der Waals surface area contributed by atoms with Crippen molar-refractivity contribution in [2.75, 3.05) is 40.3 Å². The van der Waals surface area contributed by atoms with E-state index in [1.54, 1.807) is 0 Å². The fourth-order valence-electron chi connectivity index (χ4n) is 0.212. The van der Waals surface area contributed by atoms with E-state index in [1.807, 2.05) is 11.9 Å². The van der Waals surface area contributed by atoms with Crippen molar-refractivity contribution in [3.63, 3.8) is 0 Å². The first-order valence-electron chi connectivity index (χ1n) is 3.66. The minimum absolute atomic E-state index is 0. The van der Waals surface area contributed by atoms with Crippen LogP contribution < -0.4 is 0 Å². The van der Waals surface area contributed by atoms with Crippen molar-refractivity contribution < 1.29 is 42.1 Å². The number of rotatable bonds is 2. The van der Waals surface area contributed by atoms with Crippen LogP contribution in [0.4, 0.5) is 0 Å². The maximum Gasteiger partial charge on any atom is 0.0107 e. The first-order valence-corrected chi connectivity index (χ1v) is 3.66. The molecule has 4 heteroatoms. The fraction of sp³-hybridized carbons (Fsp3) is 0.750. The van der Waals surface area contributed by atoms with Crippen LogP contribution in [0.1, 0.15) is 0 Å². The van der Waals surface area contributed by atoms with Crippen LogP contribution in [0.2, 0.25) is 0 Å². The molecule has 12 heavy (non-hydrogen) atoms. The Labute approximate surface area is 106 Å². The van der Waals surface area contributed by atoms with Crippen LogP contribution in [0.15, 0.2) is 0 Å². The largest absolute Gasteiger partial charge is 0.365 e. The zero-order valence-electron chi connectivity index (χ0n) is 7.95. The molecule has 0 amide bonds. The van der Waals surface area contributed by atoms with Crippen LogP contribution in [0.5, 0.6) is 0 Å². The molecule has 1 heterocycles. The molecule has 0 aromatic rings. The first-order chi connectivity index (χ1) is 4.70. The van der Waals surface area contributed by atoms with Gasteiger partial charge in [-0.3, -0.25) is 0 Å². The van der Waals surface area contributed by atoms with E-state index in [9.17, 15) is 0 Å². The summed E-state index contributed by atoms with van der Waals surface area (Å²) >= 11 is 0. The van der Waals surface area contributed by atoms with Gasteiger partial charge in [0, 0.05) is 55.2 Å². The summed E-state index contributed by atoms with van der Waals surface area (Å²) in [6, 6.07) is 0. The van der Waals surface area contributed by atoms with E-state index in [4.69, 9.17) is 0 Å². The topological polar surface area (TPSA) is 6.25 Å². The van der Waals surface area contributed by atoms with E-state index in [1.165, 1.54) is 13.1 Å². The van der Waals surface area contributed by atoms with E-state index in [2.05, 4.69) is 25.8 Å². The molecule has 1 aliphatic rings. The van der Waals surface area contributed by atoms with Crippen molar-refractivity contribution in [1.29, 1.82) is 0 Å². The second-order valence-electron chi connectivity index (χ2n) is 2.61. The van der Waals surface area contributed by atoms with Gasteiger partial charge in [-0.1, -0.05) is 0 Å². The van der Waals surface area contributed by atoms with Crippen molar-refractivity contribution in [2.45, 2.75) is 0 Å². The molecule has 0 unspecified atom stereocenters. The summed E-state index contributed by atoms with van der Waals surface area (Å²) < 4.78 is 0. The molecule has 2 nitrogen and oxygen atoms in total. The van der Waals surface area contributed by atoms with Gasteiger partial charge in [0.1, 0.15) is 0 Å². The van der Waals surface area contributed by atoms with E-state index >= 15 is 0 Å². The Balaban J connectivity index is -0.000000120. The Morgan fingerprint density at radius 3 is 1.42 bits per heavy atom. The molecule has 0 aromatic heterocycles. The molecule has 1 rings (SSSR count). The van der Waals surface area contributed by atoms with Crippen LogP contribution in [-0.2, 0) is 42.1 Å². The van der Waals surface area contributed by atoms with Gasteiger partial charge in [-0.15, -0.1) is 13.1 Å². The van der Waals surface area contributed by atoms with Crippen LogP contribution in [0.25, 0.3) is 0 Å². The molecule has 0 aliphatic carbocycles. The zero-order valence-corrected chi connectivity index (χ0v) is 13.8. The number of nitrogens with zero attached hydrogens (tertiary/aromatic N) is 2. The van der Waals surface area contributed by atoms with Crippen LogP contribution >= 0.6 is 0 Å². The Morgan fingerprint density at radius 2 is 1.42 bits per heavy atom. The van der Waals surface area contributed by atoms with Gasteiger partial charge < -0.3 is 23.6 Å². The van der Waals surface area contributed by atoms with E-state index < -0.39 is 0 Å². The maximum atomic E-state index is 3.64. The minimum Gasteiger partial charge on any atom is -0.365 e. The number of likely N-dealkylation sites (N-methyl/N-ethyl adjacent to an activating group) is 1. The third-order valence-electron chi connectivity index (χ3n) is 1.43. The molecule has 0 spiro atoms. The molecule has 0 N–H and O–H groups in total. The van der Waals surface area contributed by atoms with Gasteiger partial charge in [0.05, 0.1) is 0 Å². The third-order valence-corrected chi connectivity index (χ3v) is 1.43. The van der Waals surface area contributed by atoms with Crippen molar-refractivity contribution in [3.8, 4) is 0 Å². The molecular formula is C8H18N2W2-2. The maximum absolute atomic E-state index is 3.64. The van der Waals surface area contributed by atoms with Crippen molar-refractivity contribution >= 4 is 0 Å². The Morgan fingerprint density at radius 1 is 1.17 bits per heavy atom. The number of hydrogen-bond acceptors (Lipinski definition) is 2. The van der Waals surface area contributed by atoms with Crippen LogP contribution in [0.3, 0.4) is 0 Å². The smallest absolute Gasteiger partial charge is 0.0107 e. The van der Waals surface area contributed by atoms with Crippen molar-refractivity contribution in [2.24, 2.45) is 0 Å². The van der Waals surface area contributed by atoms with Crippen LogP contribution in [0, 0.1) is 13.8 Å². The van der Waals surface area contributed by atoms with E-state index in [0.717, 1.165) is 13.1 Å². The van der Waals surface area contributed by atoms with Gasteiger partial charge in [0.2, 0.25) is 0 Å². The second kappa shape index (κ2) is 12.3. The SMILES string of the molecule is CN1CC1.[CH2-]CN(C)C[CH2-].[W].[W]. The summed E-state index contributed by atoms with van der Waals surface area (Å²) in [4.78, 5) is 4.28. The molecular weight excluding hydrogens is 492 g/mol. The minimum atomic E-state index is 0. The third kappa shape index (κ3) is 17.4. The van der Waals surface area contributed by atoms with Gasteiger partial charge in [0.25, 0.3) is 0 Å². The summed E-state index contributed by atoms with van der Waals surface area (Å²) in [7, 11) is 4.10. The molecule has 0 aromatic carbocycles. The molecule has 0 saturated carbocycles. The standard InChI is InChI=1S/C5H11N.C3H7N.2W/c1-4-6(3)5-2;1-4-2-3-4;;/h1-2,4-5H2,3H3;2-3H2,1H3;;/q-2;;;. The summed E-state index contributed by atoms with van der Waals surface area (Å²) in [5.41, 5.74) is 0. The normalized spacial score (nSPS) is 13.8. The van der Waals surface area contributed by atoms with Crippen LogP contribution in [-0.4, -0.2) is 50.1 Å². The fourth-order valence-corrected chi connectivity index (χ4v) is 0.212. The second-order valence-corrected chi connectivity index (χ2v) is 2.61. The monoisotopic (exact) mass is 510 g/mol. The number of hydrogen-bond donors (Lipinski definition) is 0. The summed E-state index contributed by atoms with van der Waals surface area (Å²) in [5.74, 6) is 0. The average molecular weight is 510 g/mol. The van der Waals surface area contributed by atoms with Gasteiger partial charge >= 0.3 is 0 Å². The van der Waals surface area contributed by atoms with Gasteiger partial charge in [0.15, 0.2) is 0 Å². The van der Waals surface area contributed by atoms with E-state index in [0.29, 0.717) is 0 Å². The van der Waals surface area contributed by atoms with Crippen molar-refractivity contribution in [1.82, 2.24) is 9.80 Å². The molecule has 1 aliphatic heterocycles. The Hall–Kier alpha value is 1.30. The quantitative estimate of drug-likeness (QED) is 0.395. The van der Waals surface area contributed by atoms with E-state index in [-0.39, 0.29) is 42.1 Å². The predicted octanol–water partition coefficient (Wildman–Crippen LogP) is 0.513. The summed E-state index contributed by atoms with van der Waals surface area (Å²) in [6.07, 6.45) is 0. The molecule has 0 atom stereocenters. The molecule has 74 valence electrons. The first kappa shape index (κ1) is 19.0. The molecule has 1 fully saturated rings. The Bertz CT molecular complexity index is 73.5. The molecule has 0 radical (unpaired) electrons. The van der Waals surface area contributed by atoms with Gasteiger partial charge in [-0.05, 0) is 14.1 Å². The van der Waals surface area contributed by atoms with Gasteiger partial charge in [-0.25, -0.2) is 0 Å².